The molecule has 1 aromatic carbocycles. The van der Waals surface area contributed by atoms with Crippen molar-refractivity contribution >= 4 is 16.1 Å². The van der Waals surface area contributed by atoms with E-state index in [0.29, 0.717) is 5.56 Å². The fourth-order valence-corrected chi connectivity index (χ4v) is 5.27. The van der Waals surface area contributed by atoms with Gasteiger partial charge in [0.2, 0.25) is 10.0 Å². The Morgan fingerprint density at radius 1 is 1.39 bits per heavy atom. The lowest BCUT2D eigenvalue weighted by Gasteiger charge is -2.37. The molecule has 9 nitrogen and oxygen atoms in total. The van der Waals surface area contributed by atoms with Crippen LogP contribution in [0.4, 0.5) is 4.79 Å². The number of ether oxygens (including phenoxy) is 2. The summed E-state index contributed by atoms with van der Waals surface area (Å²) < 4.78 is 39.4. The molecule has 0 saturated carbocycles. The molecule has 0 unspecified atom stereocenters. The van der Waals surface area contributed by atoms with Crippen molar-refractivity contribution in [2.24, 2.45) is 5.92 Å². The molecule has 0 radical (unpaired) electrons. The molecule has 33 heavy (non-hydrogen) atoms. The van der Waals surface area contributed by atoms with Crippen LogP contribution in [0.2, 0.25) is 0 Å². The van der Waals surface area contributed by atoms with Crippen molar-refractivity contribution in [3.8, 4) is 17.6 Å². The molecule has 0 aliphatic carbocycles. The zero-order valence-corrected chi connectivity index (χ0v) is 21.0. The van der Waals surface area contributed by atoms with Gasteiger partial charge in [0.1, 0.15) is 23.4 Å². The van der Waals surface area contributed by atoms with Crippen LogP contribution in [-0.2, 0) is 14.8 Å². The Morgan fingerprint density at radius 3 is 2.70 bits per heavy atom. The maximum absolute atomic E-state index is 13.5. The Bertz CT molecular complexity index is 986. The molecule has 0 fully saturated rings. The van der Waals surface area contributed by atoms with Gasteiger partial charge in [-0.3, -0.25) is 0 Å². The zero-order valence-electron chi connectivity index (χ0n) is 20.2. The van der Waals surface area contributed by atoms with Crippen LogP contribution in [0.3, 0.4) is 0 Å². The van der Waals surface area contributed by atoms with Gasteiger partial charge in [-0.05, 0) is 39.0 Å². The highest BCUT2D eigenvalue weighted by Gasteiger charge is 2.38. The summed E-state index contributed by atoms with van der Waals surface area (Å²) in [4.78, 5) is 14.0. The largest absolute Gasteiger partial charge is 0.487 e. The highest BCUT2D eigenvalue weighted by atomic mass is 32.2. The summed E-state index contributed by atoms with van der Waals surface area (Å²) in [6.07, 6.45) is -0.488. The number of hydrogen-bond donors (Lipinski definition) is 2. The van der Waals surface area contributed by atoms with E-state index in [1.54, 1.807) is 33.2 Å². The molecular weight excluding hydrogens is 446 g/mol. The lowest BCUT2D eigenvalue weighted by atomic mass is 10.0. The zero-order chi connectivity index (χ0) is 24.8. The van der Waals surface area contributed by atoms with Gasteiger partial charge in [0, 0.05) is 44.3 Å². The van der Waals surface area contributed by atoms with Gasteiger partial charge < -0.3 is 24.8 Å². The lowest BCUT2D eigenvalue weighted by Crippen LogP contribution is -2.51. The monoisotopic (exact) mass is 481 g/mol. The third-order valence-corrected chi connectivity index (χ3v) is 7.35. The van der Waals surface area contributed by atoms with E-state index in [1.165, 1.54) is 15.3 Å². The number of nitrogens with zero attached hydrogens (tertiary/aromatic N) is 2. The first-order chi connectivity index (χ1) is 15.5. The summed E-state index contributed by atoms with van der Waals surface area (Å²) in [7, 11) is -0.717. The summed E-state index contributed by atoms with van der Waals surface area (Å²) in [5.74, 6) is 5.68. The molecule has 3 atom stereocenters. The van der Waals surface area contributed by atoms with E-state index in [0.717, 1.165) is 0 Å². The van der Waals surface area contributed by atoms with Crippen molar-refractivity contribution in [1.29, 1.82) is 0 Å². The Labute approximate surface area is 197 Å². The fraction of sp³-hybridized carbons (Fsp3) is 0.609. The number of carbonyl (C=O) groups is 1. The molecule has 0 spiro atoms. The van der Waals surface area contributed by atoms with Crippen LogP contribution < -0.4 is 10.1 Å². The molecule has 1 aliphatic rings. The van der Waals surface area contributed by atoms with Crippen molar-refractivity contribution < 1.29 is 27.8 Å². The molecular formula is C23H35N3O6S. The second-order valence-electron chi connectivity index (χ2n) is 8.62. The molecule has 2 rings (SSSR count). The average molecular weight is 482 g/mol. The summed E-state index contributed by atoms with van der Waals surface area (Å²) in [6, 6.07) is 3.81. The van der Waals surface area contributed by atoms with Crippen LogP contribution >= 0.6 is 0 Å². The summed E-state index contributed by atoms with van der Waals surface area (Å²) in [5, 5.41) is 12.6. The normalized spacial score (nSPS) is 21.0. The molecule has 0 aromatic heterocycles. The first-order valence-electron chi connectivity index (χ1n) is 10.9. The maximum atomic E-state index is 13.5. The van der Waals surface area contributed by atoms with E-state index in [1.807, 2.05) is 20.8 Å². The quantitative estimate of drug-likeness (QED) is 0.596. The molecule has 184 valence electrons. The van der Waals surface area contributed by atoms with Gasteiger partial charge in [0.15, 0.2) is 0 Å². The smallest absolute Gasteiger partial charge is 0.317 e. The Hall–Kier alpha value is -2.32. The molecule has 0 bridgehead atoms. The van der Waals surface area contributed by atoms with Crippen LogP contribution in [0.5, 0.6) is 5.75 Å². The van der Waals surface area contributed by atoms with E-state index in [9.17, 15) is 18.3 Å². The van der Waals surface area contributed by atoms with Crippen LogP contribution in [-0.4, -0.2) is 87.4 Å². The van der Waals surface area contributed by atoms with Gasteiger partial charge in [-0.2, -0.15) is 4.31 Å². The minimum atomic E-state index is -3.93. The number of nitrogens with one attached hydrogen (secondary N) is 1. The minimum Gasteiger partial charge on any atom is -0.487 e. The number of benzene rings is 1. The minimum absolute atomic E-state index is 0.00581. The van der Waals surface area contributed by atoms with E-state index in [-0.39, 0.29) is 54.9 Å². The second-order valence-corrected chi connectivity index (χ2v) is 10.5. The highest BCUT2D eigenvalue weighted by molar-refractivity contribution is 7.89. The number of carbonyl (C=O) groups excluding carboxylic acids is 1. The number of amides is 2. The van der Waals surface area contributed by atoms with E-state index in [2.05, 4.69) is 17.2 Å². The molecule has 0 saturated heterocycles. The lowest BCUT2D eigenvalue weighted by molar-refractivity contribution is 0.0809. The van der Waals surface area contributed by atoms with Crippen molar-refractivity contribution in [3.63, 3.8) is 0 Å². The van der Waals surface area contributed by atoms with Crippen molar-refractivity contribution in [1.82, 2.24) is 14.5 Å². The molecule has 1 aliphatic heterocycles. The molecule has 1 aromatic rings. The van der Waals surface area contributed by atoms with Crippen LogP contribution in [0.1, 0.15) is 33.3 Å². The SMILES string of the molecule is COCC#Cc1ccc2c(c1)O[C@@H](CN(C)C(=O)NC(C)C)[C@H](C)CN([C@H](C)CO)S2(=O)=O. The molecule has 1 heterocycles. The third-order valence-electron chi connectivity index (χ3n) is 5.33. The Balaban J connectivity index is 2.50. The number of fused-ring (bicyclic) bond motifs is 1. The summed E-state index contributed by atoms with van der Waals surface area (Å²) in [5.41, 5.74) is 0.584. The predicted octanol–water partition coefficient (Wildman–Crippen LogP) is 1.50. The number of sulfonamides is 1. The maximum Gasteiger partial charge on any atom is 0.317 e. The van der Waals surface area contributed by atoms with Crippen molar-refractivity contribution in [2.45, 2.75) is 50.8 Å². The number of urea groups is 1. The van der Waals surface area contributed by atoms with Gasteiger partial charge in [0.25, 0.3) is 0 Å². The van der Waals surface area contributed by atoms with Gasteiger partial charge in [-0.1, -0.05) is 18.8 Å². The highest BCUT2D eigenvalue weighted by Crippen LogP contribution is 2.34. The average Bonchev–Trinajstić information content (AvgIpc) is 2.75. The number of aliphatic hydroxyl groups is 1. The first kappa shape index (κ1) is 26.9. The summed E-state index contributed by atoms with van der Waals surface area (Å²) in [6.45, 7) is 7.61. The number of rotatable bonds is 6. The molecule has 2 N–H and O–H groups in total. The number of likely N-dealkylation sites (N-methyl/N-ethyl adjacent to an activating group) is 1. The van der Waals surface area contributed by atoms with Gasteiger partial charge in [-0.25, -0.2) is 13.2 Å². The second kappa shape index (κ2) is 11.7. The van der Waals surface area contributed by atoms with Gasteiger partial charge >= 0.3 is 6.03 Å². The number of hydrogen-bond acceptors (Lipinski definition) is 6. The van der Waals surface area contributed by atoms with Crippen LogP contribution in [0.15, 0.2) is 23.1 Å². The topological polar surface area (TPSA) is 108 Å². The van der Waals surface area contributed by atoms with Crippen molar-refractivity contribution in [3.05, 3.63) is 23.8 Å². The standard InChI is InChI=1S/C23H35N3O6S/c1-16(2)24-23(28)25(5)14-21-17(3)13-26(18(4)15-27)33(29,30)22-10-9-19(8-7-11-31-6)12-20(22)32-21/h9-10,12,16-18,21,27H,11,13-15H2,1-6H3,(H,24,28)/t17-,18-,21+/m1/s1. The predicted molar refractivity (Wildman–Crippen MR) is 126 cm³/mol. The van der Waals surface area contributed by atoms with Crippen molar-refractivity contribution in [2.75, 3.05) is 40.5 Å². The summed E-state index contributed by atoms with van der Waals surface area (Å²) >= 11 is 0. The Morgan fingerprint density at radius 2 is 2.09 bits per heavy atom. The first-order valence-corrected chi connectivity index (χ1v) is 12.4. The van der Waals surface area contributed by atoms with Crippen LogP contribution in [0.25, 0.3) is 0 Å². The fourth-order valence-electron chi connectivity index (χ4n) is 3.44. The molecule has 2 amide bonds. The van der Waals surface area contributed by atoms with Gasteiger partial charge in [-0.15, -0.1) is 0 Å². The molecule has 10 heteroatoms. The van der Waals surface area contributed by atoms with Gasteiger partial charge in [0.05, 0.1) is 13.2 Å². The van der Waals surface area contributed by atoms with E-state index < -0.39 is 22.2 Å². The number of aliphatic hydroxyl groups excluding tert-OH is 1. The van der Waals surface area contributed by atoms with E-state index >= 15 is 0 Å². The number of methoxy groups -OCH3 is 1. The van der Waals surface area contributed by atoms with Crippen LogP contribution in [0, 0.1) is 17.8 Å². The third kappa shape index (κ3) is 6.84. The Kier molecular flexibility index (Phi) is 9.55. The van der Waals surface area contributed by atoms with E-state index in [4.69, 9.17) is 9.47 Å².